The zero-order chi connectivity index (χ0) is 14.6. The van der Waals surface area contributed by atoms with Gasteiger partial charge in [-0.15, -0.1) is 0 Å². The second-order valence-electron chi connectivity index (χ2n) is 4.36. The first kappa shape index (κ1) is 15.9. The van der Waals surface area contributed by atoms with Crippen molar-refractivity contribution in [2.45, 2.75) is 32.2 Å². The first-order valence-corrected chi connectivity index (χ1v) is 6.70. The van der Waals surface area contributed by atoms with Crippen LogP contribution in [0.2, 0.25) is 0 Å². The maximum Gasteiger partial charge on any atom is 0.315 e. The van der Waals surface area contributed by atoms with Crippen molar-refractivity contribution >= 4 is 12.0 Å². The van der Waals surface area contributed by atoms with Crippen LogP contribution in [0, 0.1) is 0 Å². The molecule has 6 heteroatoms. The number of nitrogens with zero attached hydrogens (tertiary/aromatic N) is 1. The van der Waals surface area contributed by atoms with Crippen molar-refractivity contribution in [1.82, 2.24) is 15.6 Å². The first-order chi connectivity index (χ1) is 9.72. The highest BCUT2D eigenvalue weighted by Crippen LogP contribution is 2.00. The Bertz CT molecular complexity index is 409. The number of methoxy groups -OCH3 is 1. The topological polar surface area (TPSA) is 80.3 Å². The van der Waals surface area contributed by atoms with E-state index in [9.17, 15) is 9.59 Å². The fourth-order valence-electron chi connectivity index (χ4n) is 1.62. The van der Waals surface area contributed by atoms with Crippen molar-refractivity contribution in [3.63, 3.8) is 0 Å². The van der Waals surface area contributed by atoms with Crippen LogP contribution in [-0.4, -0.2) is 30.6 Å². The van der Waals surface area contributed by atoms with E-state index in [-0.39, 0.29) is 12.0 Å². The molecule has 1 aromatic rings. The van der Waals surface area contributed by atoms with Crippen molar-refractivity contribution in [2.24, 2.45) is 0 Å². The number of hydrogen-bond acceptors (Lipinski definition) is 4. The Morgan fingerprint density at radius 3 is 2.80 bits per heavy atom. The van der Waals surface area contributed by atoms with E-state index in [4.69, 9.17) is 0 Å². The molecule has 0 atom stereocenters. The second kappa shape index (κ2) is 9.77. The molecule has 0 saturated carbocycles. The number of carbonyl (C=O) groups is 2. The van der Waals surface area contributed by atoms with E-state index in [1.807, 2.05) is 12.1 Å². The molecule has 110 valence electrons. The molecule has 2 N–H and O–H groups in total. The fourth-order valence-corrected chi connectivity index (χ4v) is 1.62. The van der Waals surface area contributed by atoms with Gasteiger partial charge >= 0.3 is 12.0 Å². The number of rotatable bonds is 8. The molecule has 0 aliphatic carbocycles. The van der Waals surface area contributed by atoms with Crippen LogP contribution in [0.4, 0.5) is 4.79 Å². The smallest absolute Gasteiger partial charge is 0.315 e. The minimum Gasteiger partial charge on any atom is -0.469 e. The quantitative estimate of drug-likeness (QED) is 0.559. The van der Waals surface area contributed by atoms with Crippen molar-refractivity contribution in [1.29, 1.82) is 0 Å². The average molecular weight is 279 g/mol. The number of urea groups is 1. The van der Waals surface area contributed by atoms with Crippen molar-refractivity contribution in [3.8, 4) is 0 Å². The Kier molecular flexibility index (Phi) is 7.79. The lowest BCUT2D eigenvalue weighted by Crippen LogP contribution is -2.35. The molecule has 1 heterocycles. The molecule has 0 radical (unpaired) electrons. The minimum atomic E-state index is -0.193. The standard InChI is InChI=1S/C14H21N3O3/c1-20-13(18)7-3-2-4-9-16-14(19)17-11-12-6-5-8-15-10-12/h5-6,8,10H,2-4,7,9,11H2,1H3,(H2,16,17,19). The van der Waals surface area contributed by atoms with Crippen LogP contribution in [0.15, 0.2) is 24.5 Å². The molecule has 0 saturated heterocycles. The summed E-state index contributed by atoms with van der Waals surface area (Å²) in [6, 6.07) is 3.54. The monoisotopic (exact) mass is 279 g/mol. The zero-order valence-electron chi connectivity index (χ0n) is 11.7. The van der Waals surface area contributed by atoms with Gasteiger partial charge in [-0.1, -0.05) is 12.5 Å². The summed E-state index contributed by atoms with van der Waals surface area (Å²) in [6.45, 7) is 1.06. The molecule has 6 nitrogen and oxygen atoms in total. The lowest BCUT2D eigenvalue weighted by Gasteiger charge is -2.07. The van der Waals surface area contributed by atoms with Gasteiger partial charge in [-0.25, -0.2) is 4.79 Å². The summed E-state index contributed by atoms with van der Waals surface area (Å²) in [5, 5.41) is 5.52. The van der Waals surface area contributed by atoms with Crippen molar-refractivity contribution in [3.05, 3.63) is 30.1 Å². The van der Waals surface area contributed by atoms with Gasteiger partial charge in [-0.2, -0.15) is 0 Å². The molecule has 0 spiro atoms. The normalized spacial score (nSPS) is 9.85. The third-order valence-corrected chi connectivity index (χ3v) is 2.75. The Morgan fingerprint density at radius 1 is 1.25 bits per heavy atom. The molecule has 0 unspecified atom stereocenters. The predicted octanol–water partition coefficient (Wildman–Crippen LogP) is 1.61. The predicted molar refractivity (Wildman–Crippen MR) is 75.0 cm³/mol. The molecule has 0 aromatic carbocycles. The number of carbonyl (C=O) groups excluding carboxylic acids is 2. The maximum absolute atomic E-state index is 11.5. The summed E-state index contributed by atoms with van der Waals surface area (Å²) >= 11 is 0. The third kappa shape index (κ3) is 7.35. The van der Waals surface area contributed by atoms with E-state index in [1.54, 1.807) is 12.4 Å². The maximum atomic E-state index is 11.5. The Balaban J connectivity index is 1.99. The Hall–Kier alpha value is -2.11. The van der Waals surface area contributed by atoms with E-state index in [2.05, 4.69) is 20.4 Å². The molecule has 0 aliphatic heterocycles. The van der Waals surface area contributed by atoms with E-state index in [1.165, 1.54) is 7.11 Å². The molecule has 0 fully saturated rings. The highest BCUT2D eigenvalue weighted by molar-refractivity contribution is 5.73. The van der Waals surface area contributed by atoms with Gasteiger partial charge in [-0.3, -0.25) is 9.78 Å². The number of ether oxygens (including phenoxy) is 1. The highest BCUT2D eigenvalue weighted by Gasteiger charge is 2.01. The number of aromatic nitrogens is 1. The van der Waals surface area contributed by atoms with E-state index in [0.717, 1.165) is 24.8 Å². The van der Waals surface area contributed by atoms with Crippen molar-refractivity contribution < 1.29 is 14.3 Å². The zero-order valence-corrected chi connectivity index (χ0v) is 11.7. The van der Waals surface area contributed by atoms with Crippen LogP contribution < -0.4 is 10.6 Å². The molecule has 0 aliphatic rings. The van der Waals surface area contributed by atoms with Gasteiger partial charge in [0.2, 0.25) is 0 Å². The molecule has 2 amide bonds. The van der Waals surface area contributed by atoms with E-state index < -0.39 is 0 Å². The molecule has 1 rings (SSSR count). The number of pyridine rings is 1. The summed E-state index contributed by atoms with van der Waals surface area (Å²) < 4.78 is 4.55. The summed E-state index contributed by atoms with van der Waals surface area (Å²) in [7, 11) is 1.39. The summed E-state index contributed by atoms with van der Waals surface area (Å²) in [5.74, 6) is -0.188. The van der Waals surface area contributed by atoms with E-state index in [0.29, 0.717) is 19.5 Å². The van der Waals surface area contributed by atoms with Gasteiger partial charge in [0, 0.05) is 31.9 Å². The van der Waals surface area contributed by atoms with Gasteiger partial charge in [0.1, 0.15) is 0 Å². The summed E-state index contributed by atoms with van der Waals surface area (Å²) in [6.07, 6.45) is 6.36. The summed E-state index contributed by atoms with van der Waals surface area (Å²) in [4.78, 5) is 26.3. The number of unbranched alkanes of at least 4 members (excludes halogenated alkanes) is 2. The van der Waals surface area contributed by atoms with Crippen molar-refractivity contribution in [2.75, 3.05) is 13.7 Å². The van der Waals surface area contributed by atoms with Crippen LogP contribution in [-0.2, 0) is 16.1 Å². The summed E-state index contributed by atoms with van der Waals surface area (Å²) in [5.41, 5.74) is 0.959. The SMILES string of the molecule is COC(=O)CCCCCNC(=O)NCc1cccnc1. The average Bonchev–Trinajstić information content (AvgIpc) is 2.49. The first-order valence-electron chi connectivity index (χ1n) is 6.70. The fraction of sp³-hybridized carbons (Fsp3) is 0.500. The number of amides is 2. The van der Waals surface area contributed by atoms with Crippen LogP contribution in [0.1, 0.15) is 31.2 Å². The Labute approximate surface area is 118 Å². The van der Waals surface area contributed by atoms with Crippen LogP contribution >= 0.6 is 0 Å². The third-order valence-electron chi connectivity index (χ3n) is 2.75. The Morgan fingerprint density at radius 2 is 2.10 bits per heavy atom. The second-order valence-corrected chi connectivity index (χ2v) is 4.36. The van der Waals surface area contributed by atoms with Gasteiger partial charge in [0.15, 0.2) is 0 Å². The highest BCUT2D eigenvalue weighted by atomic mass is 16.5. The number of nitrogens with one attached hydrogen (secondary N) is 2. The molecular formula is C14H21N3O3. The van der Waals surface area contributed by atoms with Gasteiger partial charge in [0.25, 0.3) is 0 Å². The van der Waals surface area contributed by atoms with Gasteiger partial charge in [0.05, 0.1) is 7.11 Å². The molecule has 20 heavy (non-hydrogen) atoms. The minimum absolute atomic E-state index is 0.188. The van der Waals surface area contributed by atoms with Crippen LogP contribution in [0.25, 0.3) is 0 Å². The molecular weight excluding hydrogens is 258 g/mol. The van der Waals surface area contributed by atoms with Gasteiger partial charge in [-0.05, 0) is 24.5 Å². The molecule has 0 bridgehead atoms. The van der Waals surface area contributed by atoms with E-state index >= 15 is 0 Å². The van der Waals surface area contributed by atoms with Crippen LogP contribution in [0.3, 0.4) is 0 Å². The number of hydrogen-bond donors (Lipinski definition) is 2. The lowest BCUT2D eigenvalue weighted by molar-refractivity contribution is -0.140. The largest absolute Gasteiger partial charge is 0.469 e. The van der Waals surface area contributed by atoms with Gasteiger partial charge < -0.3 is 15.4 Å². The van der Waals surface area contributed by atoms with Crippen LogP contribution in [0.5, 0.6) is 0 Å². The molecule has 1 aromatic heterocycles. The number of esters is 1. The lowest BCUT2D eigenvalue weighted by atomic mass is 10.2.